The molecule has 0 aliphatic heterocycles. The van der Waals surface area contributed by atoms with Crippen molar-refractivity contribution in [3.8, 4) is 22.6 Å². The Kier molecular flexibility index (Phi) is 6.94. The van der Waals surface area contributed by atoms with Crippen LogP contribution in [0.5, 0.6) is 11.5 Å². The molecule has 0 spiro atoms. The first kappa shape index (κ1) is 18.1. The van der Waals surface area contributed by atoms with Crippen LogP contribution in [0.3, 0.4) is 0 Å². The van der Waals surface area contributed by atoms with Gasteiger partial charge in [-0.1, -0.05) is 6.07 Å². The summed E-state index contributed by atoms with van der Waals surface area (Å²) in [5.41, 5.74) is 1.77. The normalized spacial score (nSPS) is 9.59. The van der Waals surface area contributed by atoms with E-state index in [1.54, 1.807) is 26.6 Å². The molecule has 8 heteroatoms. The monoisotopic (exact) mass is 341 g/mol. The van der Waals surface area contributed by atoms with E-state index in [-0.39, 0.29) is 18.3 Å². The molecule has 0 radical (unpaired) electrons. The second-order valence-corrected chi connectivity index (χ2v) is 4.86. The minimum absolute atomic E-state index is 0. The van der Waals surface area contributed by atoms with Crippen LogP contribution in [0.1, 0.15) is 6.92 Å². The summed E-state index contributed by atoms with van der Waals surface area (Å²) in [4.78, 5) is 19.2. The molecule has 6 nitrogen and oxygen atoms in total. The number of aromatic nitrogens is 2. The van der Waals surface area contributed by atoms with Crippen molar-refractivity contribution < 1.29 is 14.3 Å². The number of nitrogens with zero attached hydrogens (tertiary/aromatic N) is 2. The third kappa shape index (κ3) is 4.51. The lowest BCUT2D eigenvalue weighted by molar-refractivity contribution is -0.117. The van der Waals surface area contributed by atoms with E-state index in [0.29, 0.717) is 16.7 Å². The summed E-state index contributed by atoms with van der Waals surface area (Å²) in [5.74, 6) is 1.17. The number of ether oxygens (including phenoxy) is 2. The largest absolute Gasteiger partial charge is 0.493 e. The Morgan fingerprint density at radius 3 is 2.27 bits per heavy atom. The van der Waals surface area contributed by atoms with Gasteiger partial charge >= 0.3 is 0 Å². The zero-order chi connectivity index (χ0) is 15.2. The third-order valence-corrected chi connectivity index (χ3v) is 3.41. The van der Waals surface area contributed by atoms with E-state index in [0.717, 1.165) is 23.1 Å². The molecule has 22 heavy (non-hydrogen) atoms. The molecule has 2 rings (SSSR count). The van der Waals surface area contributed by atoms with Crippen molar-refractivity contribution in [2.75, 3.05) is 14.2 Å². The molecule has 0 atom stereocenters. The number of nitrogens with one attached hydrogen (secondary N) is 1. The van der Waals surface area contributed by atoms with Gasteiger partial charge in [-0.3, -0.25) is 9.52 Å². The van der Waals surface area contributed by atoms with Crippen molar-refractivity contribution in [3.05, 3.63) is 30.6 Å². The molecule has 1 aromatic heterocycles. The smallest absolute Gasteiger partial charge is 0.227 e. The highest BCUT2D eigenvalue weighted by molar-refractivity contribution is 7.97. The predicted octanol–water partition coefficient (Wildman–Crippen LogP) is 2.73. The maximum atomic E-state index is 10.8. The van der Waals surface area contributed by atoms with Crippen LogP contribution in [0, 0.1) is 0 Å². The number of carbonyl (C=O) groups excluding carboxylic acids is 1. The fourth-order valence-electron chi connectivity index (χ4n) is 1.65. The fourth-order valence-corrected chi connectivity index (χ4v) is 2.10. The van der Waals surface area contributed by atoms with Crippen molar-refractivity contribution in [1.29, 1.82) is 0 Å². The van der Waals surface area contributed by atoms with Gasteiger partial charge in [0.2, 0.25) is 11.1 Å². The molecule has 1 aromatic carbocycles. The molecule has 0 aliphatic carbocycles. The van der Waals surface area contributed by atoms with Crippen LogP contribution in [0.4, 0.5) is 0 Å². The summed E-state index contributed by atoms with van der Waals surface area (Å²) < 4.78 is 13.0. The van der Waals surface area contributed by atoms with Crippen molar-refractivity contribution in [2.24, 2.45) is 0 Å². The number of hydrogen-bond acceptors (Lipinski definition) is 6. The van der Waals surface area contributed by atoms with E-state index in [4.69, 9.17) is 9.47 Å². The van der Waals surface area contributed by atoms with Gasteiger partial charge in [-0.2, -0.15) is 0 Å². The van der Waals surface area contributed by atoms with Gasteiger partial charge in [-0.15, -0.1) is 12.4 Å². The summed E-state index contributed by atoms with van der Waals surface area (Å²) in [5, 5.41) is 0.481. The summed E-state index contributed by atoms with van der Waals surface area (Å²) in [6.07, 6.45) is 3.39. The molecule has 0 bridgehead atoms. The van der Waals surface area contributed by atoms with Crippen molar-refractivity contribution in [1.82, 2.24) is 14.7 Å². The van der Waals surface area contributed by atoms with Gasteiger partial charge in [-0.25, -0.2) is 9.97 Å². The molecule has 118 valence electrons. The van der Waals surface area contributed by atoms with Gasteiger partial charge in [0.15, 0.2) is 11.5 Å². The molecule has 1 N–H and O–H groups in total. The second-order valence-electron chi connectivity index (χ2n) is 4.08. The van der Waals surface area contributed by atoms with Gasteiger partial charge in [-0.05, 0) is 17.7 Å². The van der Waals surface area contributed by atoms with Crippen LogP contribution >= 0.6 is 24.4 Å². The first-order chi connectivity index (χ1) is 10.1. The maximum absolute atomic E-state index is 10.8. The Labute approximate surface area is 139 Å². The minimum atomic E-state index is -0.146. The average Bonchev–Trinajstić information content (AvgIpc) is 2.52. The Bertz CT molecular complexity index is 638. The highest BCUT2D eigenvalue weighted by atomic mass is 35.5. The number of methoxy groups -OCH3 is 2. The van der Waals surface area contributed by atoms with Crippen LogP contribution in [-0.4, -0.2) is 30.1 Å². The Hall–Kier alpha value is -1.99. The molecule has 0 aliphatic rings. The minimum Gasteiger partial charge on any atom is -0.493 e. The van der Waals surface area contributed by atoms with Crippen molar-refractivity contribution in [2.45, 2.75) is 12.1 Å². The summed E-state index contributed by atoms with van der Waals surface area (Å²) in [7, 11) is 3.18. The van der Waals surface area contributed by atoms with Crippen LogP contribution in [-0.2, 0) is 4.79 Å². The SMILES string of the molecule is COc1ccc(-c2cnc(SNC(C)=O)nc2)cc1OC.Cl. The number of halogens is 1. The molecule has 1 heterocycles. The van der Waals surface area contributed by atoms with Gasteiger partial charge in [0.25, 0.3) is 0 Å². The lowest BCUT2D eigenvalue weighted by Crippen LogP contribution is -2.10. The number of rotatable bonds is 5. The number of hydrogen-bond donors (Lipinski definition) is 1. The Morgan fingerprint density at radius 1 is 1.09 bits per heavy atom. The molecule has 2 aromatic rings. The average molecular weight is 342 g/mol. The van der Waals surface area contributed by atoms with Crippen molar-refractivity contribution in [3.63, 3.8) is 0 Å². The van der Waals surface area contributed by atoms with Crippen LogP contribution in [0.15, 0.2) is 35.7 Å². The van der Waals surface area contributed by atoms with Gasteiger partial charge in [0.05, 0.1) is 14.2 Å². The molecule has 0 saturated carbocycles. The summed E-state index contributed by atoms with van der Waals surface area (Å²) in [6.45, 7) is 1.44. The van der Waals surface area contributed by atoms with E-state index < -0.39 is 0 Å². The molecular weight excluding hydrogens is 326 g/mol. The molecule has 0 fully saturated rings. The summed E-state index contributed by atoms with van der Waals surface area (Å²) >= 11 is 1.08. The number of carbonyl (C=O) groups is 1. The number of amides is 1. The Balaban J connectivity index is 0.00000242. The lowest BCUT2D eigenvalue weighted by atomic mass is 10.1. The van der Waals surface area contributed by atoms with E-state index >= 15 is 0 Å². The predicted molar refractivity (Wildman–Crippen MR) is 87.5 cm³/mol. The number of benzene rings is 1. The molecular formula is C14H16ClN3O3S. The maximum Gasteiger partial charge on any atom is 0.227 e. The highest BCUT2D eigenvalue weighted by Crippen LogP contribution is 2.31. The van der Waals surface area contributed by atoms with E-state index in [9.17, 15) is 4.79 Å². The standard InChI is InChI=1S/C14H15N3O3S.ClH/c1-9(18)17-21-14-15-7-11(8-16-14)10-4-5-12(19-2)13(6-10)20-3;/h4-8H,1-3H3,(H,17,18);1H. The van der Waals surface area contributed by atoms with E-state index in [1.807, 2.05) is 18.2 Å². The first-order valence-electron chi connectivity index (χ1n) is 6.12. The molecule has 0 unspecified atom stereocenters. The van der Waals surface area contributed by atoms with Crippen LogP contribution < -0.4 is 14.2 Å². The zero-order valence-electron chi connectivity index (χ0n) is 12.3. The molecule has 0 saturated heterocycles. The molecule has 1 amide bonds. The lowest BCUT2D eigenvalue weighted by Gasteiger charge is -2.09. The van der Waals surface area contributed by atoms with Gasteiger partial charge in [0, 0.05) is 36.8 Å². The Morgan fingerprint density at radius 2 is 1.73 bits per heavy atom. The highest BCUT2D eigenvalue weighted by Gasteiger charge is 2.07. The van der Waals surface area contributed by atoms with Gasteiger partial charge in [0.1, 0.15) is 0 Å². The van der Waals surface area contributed by atoms with Gasteiger partial charge < -0.3 is 9.47 Å². The van der Waals surface area contributed by atoms with E-state index in [2.05, 4.69) is 14.7 Å². The van der Waals surface area contributed by atoms with Crippen LogP contribution in [0.25, 0.3) is 11.1 Å². The quantitative estimate of drug-likeness (QED) is 0.666. The topological polar surface area (TPSA) is 73.3 Å². The van der Waals surface area contributed by atoms with Crippen LogP contribution in [0.2, 0.25) is 0 Å². The van der Waals surface area contributed by atoms with Crippen molar-refractivity contribution >= 4 is 30.3 Å². The summed E-state index contributed by atoms with van der Waals surface area (Å²) in [6, 6.07) is 5.59. The fraction of sp³-hybridized carbons (Fsp3) is 0.214. The third-order valence-electron chi connectivity index (χ3n) is 2.63. The van der Waals surface area contributed by atoms with E-state index in [1.165, 1.54) is 6.92 Å². The second kappa shape index (κ2) is 8.45. The first-order valence-corrected chi connectivity index (χ1v) is 6.93. The zero-order valence-corrected chi connectivity index (χ0v) is 14.0.